The van der Waals surface area contributed by atoms with E-state index in [4.69, 9.17) is 10.5 Å². The molecule has 2 N–H and O–H groups in total. The van der Waals surface area contributed by atoms with E-state index in [1.165, 1.54) is 0 Å². The number of anilines is 1. The van der Waals surface area contributed by atoms with Gasteiger partial charge in [0.15, 0.2) is 5.69 Å². The average Bonchev–Trinajstić information content (AvgIpc) is 2.73. The maximum atomic E-state index is 12.1. The van der Waals surface area contributed by atoms with E-state index in [2.05, 4.69) is 27.7 Å². The Kier molecular flexibility index (Phi) is 4.64. The zero-order chi connectivity index (χ0) is 14.7. The molecule has 2 aromatic rings. The van der Waals surface area contributed by atoms with Gasteiger partial charge in [-0.25, -0.2) is 4.79 Å². The van der Waals surface area contributed by atoms with Crippen molar-refractivity contribution < 1.29 is 9.53 Å². The van der Waals surface area contributed by atoms with Crippen LogP contribution in [0.25, 0.3) is 0 Å². The number of ether oxygens (including phenoxy) is 1. The van der Waals surface area contributed by atoms with E-state index in [9.17, 15) is 4.79 Å². The molecule has 0 bridgehead atoms. The molecule has 20 heavy (non-hydrogen) atoms. The van der Waals surface area contributed by atoms with Crippen molar-refractivity contribution in [3.05, 3.63) is 44.8 Å². The first-order chi connectivity index (χ1) is 9.52. The highest BCUT2D eigenvalue weighted by atomic mass is 127. The second-order valence-corrected chi connectivity index (χ2v) is 5.61. The van der Waals surface area contributed by atoms with Gasteiger partial charge in [0, 0.05) is 10.1 Å². The Bertz CT molecular complexity index is 620. The van der Waals surface area contributed by atoms with Crippen LogP contribution in [0.1, 0.15) is 28.7 Å². The van der Waals surface area contributed by atoms with Gasteiger partial charge in [-0.3, -0.25) is 4.68 Å². The smallest absolute Gasteiger partial charge is 0.359 e. The van der Waals surface area contributed by atoms with E-state index in [-0.39, 0.29) is 6.61 Å². The van der Waals surface area contributed by atoms with Crippen molar-refractivity contribution in [2.75, 3.05) is 5.73 Å². The van der Waals surface area contributed by atoms with Crippen LogP contribution in [-0.4, -0.2) is 15.7 Å². The summed E-state index contributed by atoms with van der Waals surface area (Å²) in [6.45, 7) is 4.48. The SMILES string of the molecule is CCn1nc(C)c(N)c1C(=O)OCc1ccc(I)cc1. The highest BCUT2D eigenvalue weighted by Gasteiger charge is 2.20. The maximum Gasteiger partial charge on any atom is 0.359 e. The number of aromatic nitrogens is 2. The zero-order valence-corrected chi connectivity index (χ0v) is 13.5. The Hall–Kier alpha value is -1.57. The van der Waals surface area contributed by atoms with Crippen LogP contribution in [0, 0.1) is 10.5 Å². The summed E-state index contributed by atoms with van der Waals surface area (Å²) in [5.41, 5.74) is 8.19. The largest absolute Gasteiger partial charge is 0.456 e. The van der Waals surface area contributed by atoms with Gasteiger partial charge < -0.3 is 10.5 Å². The number of carbonyl (C=O) groups excluding carboxylic acids is 1. The van der Waals surface area contributed by atoms with Gasteiger partial charge in [-0.05, 0) is 54.1 Å². The van der Waals surface area contributed by atoms with Gasteiger partial charge in [0.1, 0.15) is 6.61 Å². The van der Waals surface area contributed by atoms with Crippen LogP contribution in [0.2, 0.25) is 0 Å². The van der Waals surface area contributed by atoms with Crippen LogP contribution < -0.4 is 5.73 Å². The Morgan fingerprint density at radius 3 is 2.65 bits per heavy atom. The third-order valence-electron chi connectivity index (χ3n) is 2.95. The minimum Gasteiger partial charge on any atom is -0.456 e. The monoisotopic (exact) mass is 385 g/mol. The topological polar surface area (TPSA) is 70.1 Å². The molecule has 0 radical (unpaired) electrons. The third-order valence-corrected chi connectivity index (χ3v) is 3.67. The summed E-state index contributed by atoms with van der Waals surface area (Å²) < 4.78 is 8.02. The molecule has 106 valence electrons. The second kappa shape index (κ2) is 6.25. The minimum absolute atomic E-state index is 0.225. The van der Waals surface area contributed by atoms with Crippen LogP contribution >= 0.6 is 22.6 Å². The van der Waals surface area contributed by atoms with Gasteiger partial charge in [0.25, 0.3) is 0 Å². The summed E-state index contributed by atoms with van der Waals surface area (Å²) >= 11 is 2.23. The number of nitrogen functional groups attached to an aromatic ring is 1. The summed E-state index contributed by atoms with van der Waals surface area (Å²) in [6, 6.07) is 7.80. The lowest BCUT2D eigenvalue weighted by molar-refractivity contribution is 0.0459. The summed E-state index contributed by atoms with van der Waals surface area (Å²) in [5.74, 6) is -0.441. The van der Waals surface area contributed by atoms with Crippen LogP contribution in [-0.2, 0) is 17.9 Å². The first kappa shape index (κ1) is 14.8. The Balaban J connectivity index is 2.11. The number of nitrogens with zero attached hydrogens (tertiary/aromatic N) is 2. The number of rotatable bonds is 4. The number of hydrogen-bond donors (Lipinski definition) is 1. The second-order valence-electron chi connectivity index (χ2n) is 4.37. The van der Waals surface area contributed by atoms with Gasteiger partial charge in [-0.2, -0.15) is 5.10 Å². The molecule has 1 aromatic carbocycles. The lowest BCUT2D eigenvalue weighted by atomic mass is 10.2. The van der Waals surface area contributed by atoms with Crippen molar-refractivity contribution in [1.82, 2.24) is 9.78 Å². The normalized spacial score (nSPS) is 10.6. The molecular weight excluding hydrogens is 369 g/mol. The summed E-state index contributed by atoms with van der Waals surface area (Å²) in [5, 5.41) is 4.21. The van der Waals surface area contributed by atoms with Gasteiger partial charge in [-0.15, -0.1) is 0 Å². The van der Waals surface area contributed by atoms with Gasteiger partial charge >= 0.3 is 5.97 Å². The maximum absolute atomic E-state index is 12.1. The molecule has 6 heteroatoms. The molecule has 1 heterocycles. The highest BCUT2D eigenvalue weighted by Crippen LogP contribution is 2.18. The average molecular weight is 385 g/mol. The van der Waals surface area contributed by atoms with E-state index in [0.717, 1.165) is 9.13 Å². The predicted octanol–water partition coefficient (Wildman–Crippen LogP) is 2.76. The molecule has 0 atom stereocenters. The molecule has 5 nitrogen and oxygen atoms in total. The summed E-state index contributed by atoms with van der Waals surface area (Å²) in [4.78, 5) is 12.1. The number of aryl methyl sites for hydroxylation is 2. The van der Waals surface area contributed by atoms with E-state index < -0.39 is 5.97 Å². The fourth-order valence-corrected chi connectivity index (χ4v) is 2.20. The first-order valence-corrected chi connectivity index (χ1v) is 7.35. The number of carbonyl (C=O) groups is 1. The minimum atomic E-state index is -0.441. The van der Waals surface area contributed by atoms with Gasteiger partial charge in [-0.1, -0.05) is 12.1 Å². The molecule has 0 unspecified atom stereocenters. The fourth-order valence-electron chi connectivity index (χ4n) is 1.84. The number of esters is 1. The molecule has 0 fully saturated rings. The molecule has 0 amide bonds. The molecule has 0 aliphatic heterocycles. The Morgan fingerprint density at radius 1 is 1.40 bits per heavy atom. The van der Waals surface area contributed by atoms with Crippen molar-refractivity contribution in [3.63, 3.8) is 0 Å². The standard InChI is InChI=1S/C14H16IN3O2/c1-3-18-13(12(16)9(2)17-18)14(19)20-8-10-4-6-11(15)7-5-10/h4-7H,3,8,16H2,1-2H3. The molecule has 0 aliphatic rings. The number of benzene rings is 1. The summed E-state index contributed by atoms with van der Waals surface area (Å²) in [7, 11) is 0. The zero-order valence-electron chi connectivity index (χ0n) is 11.4. The lowest BCUT2D eigenvalue weighted by Gasteiger charge is -2.07. The molecule has 0 saturated heterocycles. The van der Waals surface area contributed by atoms with E-state index in [1.54, 1.807) is 11.6 Å². The Morgan fingerprint density at radius 2 is 2.05 bits per heavy atom. The lowest BCUT2D eigenvalue weighted by Crippen LogP contribution is -2.14. The van der Waals surface area contributed by atoms with E-state index >= 15 is 0 Å². The quantitative estimate of drug-likeness (QED) is 0.649. The van der Waals surface area contributed by atoms with Crippen LogP contribution in [0.4, 0.5) is 5.69 Å². The number of halogens is 1. The van der Waals surface area contributed by atoms with Crippen molar-refractivity contribution >= 4 is 34.2 Å². The summed E-state index contributed by atoms with van der Waals surface area (Å²) in [6.07, 6.45) is 0. The molecule has 0 spiro atoms. The van der Waals surface area contributed by atoms with Crippen molar-refractivity contribution in [2.45, 2.75) is 27.0 Å². The van der Waals surface area contributed by atoms with Gasteiger partial charge in [0.05, 0.1) is 11.4 Å². The van der Waals surface area contributed by atoms with Crippen LogP contribution in [0.15, 0.2) is 24.3 Å². The fraction of sp³-hybridized carbons (Fsp3) is 0.286. The number of hydrogen-bond acceptors (Lipinski definition) is 4. The molecule has 0 saturated carbocycles. The predicted molar refractivity (Wildman–Crippen MR) is 85.3 cm³/mol. The third kappa shape index (κ3) is 3.12. The molecule has 2 rings (SSSR count). The van der Waals surface area contributed by atoms with E-state index in [1.807, 2.05) is 31.2 Å². The first-order valence-electron chi connectivity index (χ1n) is 6.27. The van der Waals surface area contributed by atoms with Crippen LogP contribution in [0.3, 0.4) is 0 Å². The van der Waals surface area contributed by atoms with Crippen molar-refractivity contribution in [2.24, 2.45) is 0 Å². The van der Waals surface area contributed by atoms with Crippen molar-refractivity contribution in [3.8, 4) is 0 Å². The van der Waals surface area contributed by atoms with Gasteiger partial charge in [0.2, 0.25) is 0 Å². The molecule has 1 aromatic heterocycles. The van der Waals surface area contributed by atoms with Crippen molar-refractivity contribution in [1.29, 1.82) is 0 Å². The molecular formula is C14H16IN3O2. The van der Waals surface area contributed by atoms with E-state index in [0.29, 0.717) is 23.6 Å². The molecule has 0 aliphatic carbocycles. The highest BCUT2D eigenvalue weighted by molar-refractivity contribution is 14.1. The number of nitrogens with two attached hydrogens (primary N) is 1. The van der Waals surface area contributed by atoms with Crippen LogP contribution in [0.5, 0.6) is 0 Å². The Labute approximate surface area is 131 Å².